The van der Waals surface area contributed by atoms with E-state index in [1.54, 1.807) is 37.5 Å². The summed E-state index contributed by atoms with van der Waals surface area (Å²) in [6.07, 6.45) is 4.26. The topological polar surface area (TPSA) is 61.9 Å². The highest BCUT2D eigenvalue weighted by atomic mass is 32.2. The Hall–Kier alpha value is -2.84. The Morgan fingerprint density at radius 2 is 1.77 bits per heavy atom. The predicted molar refractivity (Wildman–Crippen MR) is 123 cm³/mol. The van der Waals surface area contributed by atoms with Crippen LogP contribution in [0.25, 0.3) is 6.08 Å². The van der Waals surface area contributed by atoms with Crippen LogP contribution in [0.4, 0.5) is 5.69 Å². The van der Waals surface area contributed by atoms with Crippen molar-refractivity contribution < 1.29 is 14.3 Å². The molecule has 154 valence electrons. The molecule has 0 aliphatic carbocycles. The molecule has 1 N–H and O–H groups in total. The molecule has 2 aromatic rings. The molecule has 0 aromatic heterocycles. The van der Waals surface area contributed by atoms with Gasteiger partial charge in [-0.3, -0.25) is 15.0 Å². The molecule has 8 heteroatoms. The molecule has 0 bridgehead atoms. The minimum atomic E-state index is -0.412. The average Bonchev–Trinajstić information content (AvgIpc) is 3.39. The lowest BCUT2D eigenvalue weighted by atomic mass is 10.2. The number of rotatable bonds is 5. The first-order valence-corrected chi connectivity index (χ1v) is 10.9. The normalized spacial score (nSPS) is 17.7. The number of benzene rings is 2. The van der Waals surface area contributed by atoms with Crippen molar-refractivity contribution in [2.45, 2.75) is 12.8 Å². The number of hydrogen-bond donors (Lipinski definition) is 1. The molecule has 2 amide bonds. The molecular weight excluding hydrogens is 418 g/mol. The monoisotopic (exact) mass is 439 g/mol. The highest BCUT2D eigenvalue weighted by Gasteiger charge is 2.33. The number of amides is 2. The number of carbonyl (C=O) groups is 2. The Kier molecular flexibility index (Phi) is 6.06. The molecule has 2 aliphatic heterocycles. The molecule has 4 rings (SSSR count). The number of nitrogens with one attached hydrogen (secondary N) is 1. The zero-order valence-corrected chi connectivity index (χ0v) is 18.1. The van der Waals surface area contributed by atoms with Crippen molar-refractivity contribution in [2.24, 2.45) is 0 Å². The number of anilines is 1. The summed E-state index contributed by atoms with van der Waals surface area (Å²) in [5.41, 5.74) is 5.11. The SMILES string of the molecule is COc1ccc(C(=O)NN2C(=O)C(=Cc3ccc(N4CCCC4)cc3)SC2=S)cc1. The third kappa shape index (κ3) is 4.34. The summed E-state index contributed by atoms with van der Waals surface area (Å²) in [6.45, 7) is 2.18. The van der Waals surface area contributed by atoms with Gasteiger partial charge in [0.25, 0.3) is 11.8 Å². The zero-order chi connectivity index (χ0) is 21.1. The quantitative estimate of drug-likeness (QED) is 0.564. The van der Waals surface area contributed by atoms with E-state index in [2.05, 4.69) is 22.5 Å². The summed E-state index contributed by atoms with van der Waals surface area (Å²) in [4.78, 5) is 28.1. The molecule has 2 aromatic carbocycles. The van der Waals surface area contributed by atoms with Crippen LogP contribution in [0.15, 0.2) is 53.4 Å². The fourth-order valence-corrected chi connectivity index (χ4v) is 4.56. The minimum absolute atomic E-state index is 0.293. The molecule has 0 saturated carbocycles. The highest BCUT2D eigenvalue weighted by molar-refractivity contribution is 8.26. The lowest BCUT2D eigenvalue weighted by Crippen LogP contribution is -2.44. The molecule has 0 spiro atoms. The number of carbonyl (C=O) groups excluding carboxylic acids is 2. The van der Waals surface area contributed by atoms with Crippen LogP contribution in [-0.2, 0) is 4.79 Å². The van der Waals surface area contributed by atoms with E-state index in [1.807, 2.05) is 12.1 Å². The second-order valence-corrected chi connectivity index (χ2v) is 8.65. The summed E-state index contributed by atoms with van der Waals surface area (Å²) < 4.78 is 5.39. The van der Waals surface area contributed by atoms with Crippen LogP contribution in [0.3, 0.4) is 0 Å². The molecule has 2 saturated heterocycles. The molecule has 2 aliphatic rings. The number of hydrogen-bond acceptors (Lipinski definition) is 6. The molecule has 6 nitrogen and oxygen atoms in total. The van der Waals surface area contributed by atoms with Crippen LogP contribution >= 0.6 is 24.0 Å². The average molecular weight is 440 g/mol. The summed E-state index contributed by atoms with van der Waals surface area (Å²) in [5.74, 6) is -0.100. The van der Waals surface area contributed by atoms with Gasteiger partial charge in [0.15, 0.2) is 4.32 Å². The number of nitrogens with zero attached hydrogens (tertiary/aromatic N) is 2. The summed E-state index contributed by atoms with van der Waals surface area (Å²) in [6, 6.07) is 14.8. The van der Waals surface area contributed by atoms with Gasteiger partial charge < -0.3 is 9.64 Å². The van der Waals surface area contributed by atoms with E-state index in [4.69, 9.17) is 17.0 Å². The summed E-state index contributed by atoms with van der Waals surface area (Å²) in [5, 5.41) is 1.12. The Balaban J connectivity index is 1.44. The Bertz CT molecular complexity index is 997. The van der Waals surface area contributed by atoms with Gasteiger partial charge in [0.05, 0.1) is 12.0 Å². The van der Waals surface area contributed by atoms with E-state index in [-0.39, 0.29) is 5.91 Å². The summed E-state index contributed by atoms with van der Waals surface area (Å²) >= 11 is 6.47. The second-order valence-electron chi connectivity index (χ2n) is 6.97. The second kappa shape index (κ2) is 8.89. The molecule has 2 heterocycles. The largest absolute Gasteiger partial charge is 0.497 e. The van der Waals surface area contributed by atoms with Crippen LogP contribution in [-0.4, -0.2) is 41.3 Å². The number of hydrazine groups is 1. The van der Waals surface area contributed by atoms with Crippen molar-refractivity contribution in [1.82, 2.24) is 10.4 Å². The van der Waals surface area contributed by atoms with Gasteiger partial charge in [-0.1, -0.05) is 23.9 Å². The number of ether oxygens (including phenoxy) is 1. The third-order valence-corrected chi connectivity index (χ3v) is 6.32. The molecule has 0 atom stereocenters. The van der Waals surface area contributed by atoms with Gasteiger partial charge in [0.2, 0.25) is 0 Å². The first kappa shape index (κ1) is 20.4. The van der Waals surface area contributed by atoms with Gasteiger partial charge in [0.1, 0.15) is 5.75 Å². The van der Waals surface area contributed by atoms with E-state index in [9.17, 15) is 9.59 Å². The first-order chi connectivity index (χ1) is 14.5. The van der Waals surface area contributed by atoms with Gasteiger partial charge in [-0.15, -0.1) is 0 Å². The van der Waals surface area contributed by atoms with Crippen molar-refractivity contribution in [3.63, 3.8) is 0 Å². The van der Waals surface area contributed by atoms with Gasteiger partial charge >= 0.3 is 0 Å². The van der Waals surface area contributed by atoms with Crippen LogP contribution in [0.2, 0.25) is 0 Å². The first-order valence-electron chi connectivity index (χ1n) is 9.63. The van der Waals surface area contributed by atoms with E-state index in [0.29, 0.717) is 20.5 Å². The smallest absolute Gasteiger partial charge is 0.285 e. The summed E-state index contributed by atoms with van der Waals surface area (Å²) in [7, 11) is 1.56. The Labute approximate surface area is 184 Å². The zero-order valence-electron chi connectivity index (χ0n) is 16.5. The number of thiocarbonyl (C=S) groups is 1. The fraction of sp³-hybridized carbons (Fsp3) is 0.227. The fourth-order valence-electron chi connectivity index (χ4n) is 3.38. The predicted octanol–water partition coefficient (Wildman–Crippen LogP) is 3.84. The lowest BCUT2D eigenvalue weighted by Gasteiger charge is -2.17. The van der Waals surface area contributed by atoms with Crippen molar-refractivity contribution in [2.75, 3.05) is 25.1 Å². The Morgan fingerprint density at radius 1 is 1.10 bits per heavy atom. The maximum Gasteiger partial charge on any atom is 0.285 e. The molecule has 0 radical (unpaired) electrons. The highest BCUT2D eigenvalue weighted by Crippen LogP contribution is 2.32. The minimum Gasteiger partial charge on any atom is -0.497 e. The Morgan fingerprint density at radius 3 is 2.40 bits per heavy atom. The van der Waals surface area contributed by atoms with E-state index < -0.39 is 5.91 Å². The van der Waals surface area contributed by atoms with E-state index in [0.717, 1.165) is 23.7 Å². The standard InChI is InChI=1S/C22H21N3O3S2/c1-28-18-10-6-16(7-11-18)20(26)23-25-21(27)19(30-22(25)29)14-15-4-8-17(9-5-15)24-12-2-3-13-24/h4-11,14H,2-3,12-13H2,1H3,(H,23,26). The van der Waals surface area contributed by atoms with Gasteiger partial charge in [-0.05, 0) is 73.1 Å². The van der Waals surface area contributed by atoms with Crippen molar-refractivity contribution >= 4 is 51.9 Å². The van der Waals surface area contributed by atoms with E-state index >= 15 is 0 Å². The van der Waals surface area contributed by atoms with Crippen LogP contribution in [0, 0.1) is 0 Å². The number of thioether (sulfide) groups is 1. The maximum absolute atomic E-state index is 12.8. The van der Waals surface area contributed by atoms with Crippen LogP contribution in [0.5, 0.6) is 5.75 Å². The molecule has 30 heavy (non-hydrogen) atoms. The van der Waals surface area contributed by atoms with Gasteiger partial charge in [-0.25, -0.2) is 0 Å². The van der Waals surface area contributed by atoms with Gasteiger partial charge in [-0.2, -0.15) is 5.01 Å². The maximum atomic E-state index is 12.8. The van der Waals surface area contributed by atoms with E-state index in [1.165, 1.54) is 30.3 Å². The molecule has 0 unspecified atom stereocenters. The van der Waals surface area contributed by atoms with Crippen LogP contribution < -0.4 is 15.1 Å². The molecular formula is C22H21N3O3S2. The molecule has 2 fully saturated rings. The van der Waals surface area contributed by atoms with Crippen LogP contribution in [0.1, 0.15) is 28.8 Å². The third-order valence-electron chi connectivity index (χ3n) is 5.02. The van der Waals surface area contributed by atoms with Crippen molar-refractivity contribution in [1.29, 1.82) is 0 Å². The lowest BCUT2D eigenvalue weighted by molar-refractivity contribution is -0.123. The van der Waals surface area contributed by atoms with Crippen molar-refractivity contribution in [3.8, 4) is 5.75 Å². The van der Waals surface area contributed by atoms with Crippen molar-refractivity contribution in [3.05, 3.63) is 64.6 Å². The van der Waals surface area contributed by atoms with Gasteiger partial charge in [0, 0.05) is 24.3 Å². The number of methoxy groups -OCH3 is 1.